The predicted octanol–water partition coefficient (Wildman–Crippen LogP) is 0.117. The van der Waals surface area contributed by atoms with Crippen molar-refractivity contribution in [3.63, 3.8) is 0 Å². The average Bonchev–Trinajstić information content (AvgIpc) is 3.39. The maximum Gasteiger partial charge on any atom is 0.328 e. The molecule has 1 aromatic carbocycles. The smallest absolute Gasteiger partial charge is 0.328 e. The summed E-state index contributed by atoms with van der Waals surface area (Å²) in [5, 5.41) is 17.3. The van der Waals surface area contributed by atoms with Gasteiger partial charge in [0.25, 0.3) is 11.5 Å². The van der Waals surface area contributed by atoms with Gasteiger partial charge in [-0.05, 0) is 24.3 Å². The first kappa shape index (κ1) is 19.1. The number of rotatable bonds is 6. The van der Waals surface area contributed by atoms with E-state index >= 15 is 0 Å². The lowest BCUT2D eigenvalue weighted by Gasteiger charge is -2.15. The molecule has 0 spiro atoms. The van der Waals surface area contributed by atoms with Crippen molar-refractivity contribution in [2.45, 2.75) is 12.5 Å². The molecule has 30 heavy (non-hydrogen) atoms. The summed E-state index contributed by atoms with van der Waals surface area (Å²) in [6.07, 6.45) is 2.83. The van der Waals surface area contributed by atoms with Gasteiger partial charge in [-0.15, -0.1) is 15.3 Å². The Hall–Kier alpha value is -4.28. The number of aromatic amines is 1. The number of methoxy groups -OCH3 is 1. The van der Waals surface area contributed by atoms with E-state index in [0.29, 0.717) is 17.0 Å². The van der Waals surface area contributed by atoms with Gasteiger partial charge >= 0.3 is 5.97 Å². The van der Waals surface area contributed by atoms with Gasteiger partial charge in [-0.3, -0.25) is 14.7 Å². The molecule has 3 heterocycles. The minimum Gasteiger partial charge on any atom is -0.467 e. The van der Waals surface area contributed by atoms with Gasteiger partial charge in [-0.25, -0.2) is 4.79 Å². The van der Waals surface area contributed by atoms with Crippen molar-refractivity contribution in [1.82, 2.24) is 34.9 Å². The van der Waals surface area contributed by atoms with Crippen LogP contribution in [0.2, 0.25) is 0 Å². The molecule has 11 heteroatoms. The molecular weight excluding hydrogens is 390 g/mol. The Bertz CT molecular complexity index is 1260. The monoisotopic (exact) mass is 407 g/mol. The first-order chi connectivity index (χ1) is 14.6. The van der Waals surface area contributed by atoms with Crippen molar-refractivity contribution >= 4 is 17.5 Å². The number of amides is 1. The molecule has 152 valence electrons. The van der Waals surface area contributed by atoms with Gasteiger partial charge in [0.05, 0.1) is 7.11 Å². The Balaban J connectivity index is 1.58. The fourth-order valence-electron chi connectivity index (χ4n) is 2.95. The summed E-state index contributed by atoms with van der Waals surface area (Å²) >= 11 is 0. The molecule has 0 fully saturated rings. The number of benzene rings is 1. The second-order valence-corrected chi connectivity index (χ2v) is 6.38. The molecule has 1 atom stereocenters. The molecule has 0 aliphatic rings. The van der Waals surface area contributed by atoms with Crippen LogP contribution in [-0.4, -0.2) is 54.6 Å². The number of carbonyl (C=O) groups is 2. The summed E-state index contributed by atoms with van der Waals surface area (Å²) in [6.45, 7) is 0. The van der Waals surface area contributed by atoms with Crippen molar-refractivity contribution in [1.29, 1.82) is 0 Å². The SMILES string of the molecule is COC(=O)[C@H](Cc1c[nH]n(-c2ccc3nncn3n2)c1=O)NC(=O)c1ccccc1. The second kappa shape index (κ2) is 7.99. The quantitative estimate of drug-likeness (QED) is 0.433. The van der Waals surface area contributed by atoms with Crippen LogP contribution >= 0.6 is 0 Å². The summed E-state index contributed by atoms with van der Waals surface area (Å²) in [6, 6.07) is 10.7. The maximum absolute atomic E-state index is 12.8. The molecule has 0 unspecified atom stereocenters. The number of hydrogen-bond donors (Lipinski definition) is 2. The van der Waals surface area contributed by atoms with Crippen molar-refractivity contribution in [3.8, 4) is 5.82 Å². The van der Waals surface area contributed by atoms with Gasteiger partial charge in [-0.1, -0.05) is 18.2 Å². The Morgan fingerprint density at radius 2 is 2.00 bits per heavy atom. The highest BCUT2D eigenvalue weighted by Crippen LogP contribution is 2.06. The highest BCUT2D eigenvalue weighted by atomic mass is 16.5. The Morgan fingerprint density at radius 3 is 2.77 bits per heavy atom. The van der Waals surface area contributed by atoms with Crippen LogP contribution in [0, 0.1) is 0 Å². The Morgan fingerprint density at radius 1 is 1.20 bits per heavy atom. The molecule has 0 aliphatic heterocycles. The van der Waals surface area contributed by atoms with Crippen LogP contribution in [-0.2, 0) is 16.0 Å². The molecule has 4 aromatic rings. The number of nitrogens with one attached hydrogen (secondary N) is 2. The fraction of sp³-hybridized carbons (Fsp3) is 0.158. The van der Waals surface area contributed by atoms with Crippen molar-refractivity contribution < 1.29 is 14.3 Å². The predicted molar refractivity (Wildman–Crippen MR) is 104 cm³/mol. The van der Waals surface area contributed by atoms with Crippen molar-refractivity contribution in [2.75, 3.05) is 7.11 Å². The van der Waals surface area contributed by atoms with E-state index in [2.05, 4.69) is 25.7 Å². The highest BCUT2D eigenvalue weighted by molar-refractivity contribution is 5.96. The van der Waals surface area contributed by atoms with Gasteiger partial charge in [0.2, 0.25) is 0 Å². The maximum atomic E-state index is 12.8. The minimum absolute atomic E-state index is 0.0531. The van der Waals surface area contributed by atoms with Gasteiger partial charge in [0.15, 0.2) is 11.5 Å². The highest BCUT2D eigenvalue weighted by Gasteiger charge is 2.25. The lowest BCUT2D eigenvalue weighted by molar-refractivity contribution is -0.142. The van der Waals surface area contributed by atoms with E-state index in [1.165, 1.54) is 28.8 Å². The van der Waals surface area contributed by atoms with E-state index in [9.17, 15) is 14.4 Å². The van der Waals surface area contributed by atoms with Gasteiger partial charge < -0.3 is 10.1 Å². The topological polar surface area (TPSA) is 136 Å². The molecular formula is C19H17N7O4. The second-order valence-electron chi connectivity index (χ2n) is 6.38. The number of hydrogen-bond acceptors (Lipinski definition) is 7. The van der Waals surface area contributed by atoms with Crippen LogP contribution in [0.5, 0.6) is 0 Å². The third kappa shape index (κ3) is 3.68. The molecule has 0 saturated heterocycles. The molecule has 11 nitrogen and oxygen atoms in total. The number of H-pyrrole nitrogens is 1. The van der Waals surface area contributed by atoms with Crippen molar-refractivity contribution in [2.24, 2.45) is 0 Å². The van der Waals surface area contributed by atoms with E-state index in [0.717, 1.165) is 0 Å². The summed E-state index contributed by atoms with van der Waals surface area (Å²) in [4.78, 5) is 37.5. The zero-order valence-electron chi connectivity index (χ0n) is 15.8. The Labute approximate surface area is 169 Å². The van der Waals surface area contributed by atoms with Crippen LogP contribution in [0.25, 0.3) is 11.5 Å². The normalized spacial score (nSPS) is 11.9. The van der Waals surface area contributed by atoms with Crippen molar-refractivity contribution in [3.05, 3.63) is 76.5 Å². The van der Waals surface area contributed by atoms with E-state index in [-0.39, 0.29) is 12.0 Å². The number of fused-ring (bicyclic) bond motifs is 1. The minimum atomic E-state index is -1.03. The molecule has 0 aliphatic carbocycles. The lowest BCUT2D eigenvalue weighted by Crippen LogP contribution is -2.43. The Kier molecular flexibility index (Phi) is 5.08. The fourth-order valence-corrected chi connectivity index (χ4v) is 2.95. The van der Waals surface area contributed by atoms with Crippen LogP contribution < -0.4 is 10.9 Å². The number of aromatic nitrogens is 6. The van der Waals surface area contributed by atoms with E-state index < -0.39 is 23.5 Å². The standard InChI is InChI=1S/C19H17N7O4/c1-30-19(29)14(22-17(27)12-5-3-2-4-6-12)9-13-10-21-26(18(13)28)16-8-7-15-23-20-11-25(15)24-16/h2-8,10-11,14,21H,9H2,1H3,(H,22,27)/t14-/m0/s1. The average molecular weight is 407 g/mol. The first-order valence-corrected chi connectivity index (χ1v) is 8.97. The van der Waals surface area contributed by atoms with Gasteiger partial charge in [0.1, 0.15) is 12.4 Å². The number of nitrogens with zero attached hydrogens (tertiary/aromatic N) is 5. The zero-order valence-corrected chi connectivity index (χ0v) is 15.8. The summed E-state index contributed by atoms with van der Waals surface area (Å²) < 4.78 is 7.44. The molecule has 1 amide bonds. The van der Waals surface area contributed by atoms with Crippen LogP contribution in [0.3, 0.4) is 0 Å². The third-order valence-corrected chi connectivity index (χ3v) is 4.47. The van der Waals surface area contributed by atoms with Gasteiger partial charge in [0, 0.05) is 23.7 Å². The third-order valence-electron chi connectivity index (χ3n) is 4.47. The number of carbonyl (C=O) groups excluding carboxylic acids is 2. The summed E-state index contributed by atoms with van der Waals surface area (Å²) in [5.74, 6) is -0.779. The van der Waals surface area contributed by atoms with Gasteiger partial charge in [-0.2, -0.15) is 9.20 Å². The summed E-state index contributed by atoms with van der Waals surface area (Å²) in [5.41, 5.74) is 0.805. The van der Waals surface area contributed by atoms with E-state index in [4.69, 9.17) is 4.74 Å². The first-order valence-electron chi connectivity index (χ1n) is 8.97. The lowest BCUT2D eigenvalue weighted by atomic mass is 10.1. The molecule has 2 N–H and O–H groups in total. The summed E-state index contributed by atoms with van der Waals surface area (Å²) in [7, 11) is 1.22. The molecule has 0 bridgehead atoms. The molecule has 0 saturated carbocycles. The number of esters is 1. The molecule has 3 aromatic heterocycles. The van der Waals surface area contributed by atoms with Crippen LogP contribution in [0.4, 0.5) is 0 Å². The van der Waals surface area contributed by atoms with E-state index in [1.807, 2.05) is 0 Å². The zero-order chi connectivity index (χ0) is 21.1. The van der Waals surface area contributed by atoms with E-state index in [1.54, 1.807) is 42.5 Å². The van der Waals surface area contributed by atoms with Crippen LogP contribution in [0.15, 0.2) is 59.8 Å². The number of ether oxygens (including phenoxy) is 1. The molecule has 0 radical (unpaired) electrons. The largest absolute Gasteiger partial charge is 0.467 e. The molecule has 4 rings (SSSR count). The van der Waals surface area contributed by atoms with Crippen LogP contribution in [0.1, 0.15) is 15.9 Å².